The van der Waals surface area contributed by atoms with Crippen molar-refractivity contribution in [2.24, 2.45) is 0 Å². The highest BCUT2D eigenvalue weighted by molar-refractivity contribution is 5.98. The standard InChI is InChI=1S/C20H21NO2/c1-2-9-19(22)14-20(23)21(15-17-10-5-3-6-11-17)16-18-12-7-4-8-13-18/h2-8,10-13H,1,9,14-16H2. The van der Waals surface area contributed by atoms with Crippen LogP contribution in [0.4, 0.5) is 0 Å². The summed E-state index contributed by atoms with van der Waals surface area (Å²) in [6.07, 6.45) is 1.69. The third-order valence-electron chi connectivity index (χ3n) is 3.51. The zero-order chi connectivity index (χ0) is 16.5. The van der Waals surface area contributed by atoms with E-state index in [1.165, 1.54) is 6.08 Å². The van der Waals surface area contributed by atoms with Crippen molar-refractivity contribution in [3.63, 3.8) is 0 Å². The Morgan fingerprint density at radius 1 is 0.870 bits per heavy atom. The van der Waals surface area contributed by atoms with Gasteiger partial charge in [-0.2, -0.15) is 0 Å². The SMILES string of the molecule is C=CCC(=O)CC(=O)N(Cc1ccccc1)Cc1ccccc1. The molecule has 0 aliphatic carbocycles. The molecule has 0 fully saturated rings. The van der Waals surface area contributed by atoms with E-state index in [0.717, 1.165) is 11.1 Å². The fraction of sp³-hybridized carbons (Fsp3) is 0.200. The zero-order valence-electron chi connectivity index (χ0n) is 13.2. The van der Waals surface area contributed by atoms with Gasteiger partial charge in [0.25, 0.3) is 0 Å². The summed E-state index contributed by atoms with van der Waals surface area (Å²) in [6, 6.07) is 19.6. The maximum atomic E-state index is 12.5. The van der Waals surface area contributed by atoms with Crippen LogP contribution in [-0.2, 0) is 22.7 Å². The van der Waals surface area contributed by atoms with Crippen LogP contribution in [0.15, 0.2) is 73.3 Å². The van der Waals surface area contributed by atoms with Gasteiger partial charge in [-0.1, -0.05) is 66.7 Å². The van der Waals surface area contributed by atoms with Crippen LogP contribution in [-0.4, -0.2) is 16.6 Å². The summed E-state index contributed by atoms with van der Waals surface area (Å²) in [5, 5.41) is 0. The van der Waals surface area contributed by atoms with E-state index in [0.29, 0.717) is 13.1 Å². The molecular formula is C20H21NO2. The van der Waals surface area contributed by atoms with E-state index < -0.39 is 0 Å². The molecule has 1 amide bonds. The molecule has 0 saturated heterocycles. The number of rotatable bonds is 8. The van der Waals surface area contributed by atoms with Gasteiger partial charge >= 0.3 is 0 Å². The van der Waals surface area contributed by atoms with Crippen LogP contribution in [0.3, 0.4) is 0 Å². The third-order valence-corrected chi connectivity index (χ3v) is 3.51. The maximum Gasteiger partial charge on any atom is 0.230 e. The molecule has 0 N–H and O–H groups in total. The van der Waals surface area contributed by atoms with Gasteiger partial charge in [0.05, 0.1) is 6.42 Å². The molecule has 3 nitrogen and oxygen atoms in total. The lowest BCUT2D eigenvalue weighted by molar-refractivity contribution is -0.136. The van der Waals surface area contributed by atoms with E-state index in [2.05, 4.69) is 6.58 Å². The second-order valence-electron chi connectivity index (χ2n) is 5.43. The van der Waals surface area contributed by atoms with Gasteiger partial charge in [-0.05, 0) is 11.1 Å². The Morgan fingerprint density at radius 2 is 1.35 bits per heavy atom. The molecule has 0 spiro atoms. The second-order valence-corrected chi connectivity index (χ2v) is 5.43. The molecule has 0 bridgehead atoms. The Kier molecular flexibility index (Phi) is 6.30. The first-order valence-corrected chi connectivity index (χ1v) is 7.67. The summed E-state index contributed by atoms with van der Waals surface area (Å²) in [5.74, 6) is -0.249. The largest absolute Gasteiger partial charge is 0.334 e. The van der Waals surface area contributed by atoms with Crippen LogP contribution in [0.25, 0.3) is 0 Å². The quantitative estimate of drug-likeness (QED) is 0.550. The van der Waals surface area contributed by atoms with E-state index in [1.54, 1.807) is 4.90 Å². The molecule has 0 unspecified atom stereocenters. The van der Waals surface area contributed by atoms with E-state index in [1.807, 2.05) is 60.7 Å². The summed E-state index contributed by atoms with van der Waals surface area (Å²) in [4.78, 5) is 26.0. The summed E-state index contributed by atoms with van der Waals surface area (Å²) in [6.45, 7) is 4.53. The molecule has 118 valence electrons. The lowest BCUT2D eigenvalue weighted by Crippen LogP contribution is -2.31. The van der Waals surface area contributed by atoms with Crippen molar-refractivity contribution in [1.82, 2.24) is 4.90 Å². The zero-order valence-corrected chi connectivity index (χ0v) is 13.2. The lowest BCUT2D eigenvalue weighted by Gasteiger charge is -2.23. The predicted molar refractivity (Wildman–Crippen MR) is 91.6 cm³/mol. The van der Waals surface area contributed by atoms with Gasteiger partial charge < -0.3 is 4.90 Å². The Bertz CT molecular complexity index is 608. The van der Waals surface area contributed by atoms with Gasteiger partial charge in [0.1, 0.15) is 5.78 Å². The van der Waals surface area contributed by atoms with Gasteiger partial charge in [-0.15, -0.1) is 6.58 Å². The molecule has 2 aromatic rings. The molecule has 3 heteroatoms. The number of carbonyl (C=O) groups is 2. The Balaban J connectivity index is 2.11. The number of Topliss-reactive ketones (excluding diaryl/α,β-unsaturated/α-hetero) is 1. The maximum absolute atomic E-state index is 12.5. The Labute approximate surface area is 137 Å². The molecular weight excluding hydrogens is 286 g/mol. The Hall–Kier alpha value is -2.68. The first-order chi connectivity index (χ1) is 11.2. The smallest absolute Gasteiger partial charge is 0.230 e. The van der Waals surface area contributed by atoms with Crippen molar-refractivity contribution in [3.05, 3.63) is 84.4 Å². The normalized spacial score (nSPS) is 10.1. The molecule has 2 aromatic carbocycles. The average Bonchev–Trinajstić information content (AvgIpc) is 2.56. The molecule has 0 aliphatic heterocycles. The van der Waals surface area contributed by atoms with Gasteiger partial charge in [-0.3, -0.25) is 9.59 Å². The molecule has 2 rings (SSSR count). The monoisotopic (exact) mass is 307 g/mol. The van der Waals surface area contributed by atoms with Crippen LogP contribution >= 0.6 is 0 Å². The number of nitrogens with zero attached hydrogens (tertiary/aromatic N) is 1. The summed E-state index contributed by atoms with van der Waals surface area (Å²) >= 11 is 0. The van der Waals surface area contributed by atoms with Crippen LogP contribution in [0.2, 0.25) is 0 Å². The van der Waals surface area contributed by atoms with Gasteiger partial charge in [0.2, 0.25) is 5.91 Å². The first kappa shape index (κ1) is 16.7. The van der Waals surface area contributed by atoms with Crippen molar-refractivity contribution in [3.8, 4) is 0 Å². The van der Waals surface area contributed by atoms with Crippen molar-refractivity contribution in [2.75, 3.05) is 0 Å². The first-order valence-electron chi connectivity index (χ1n) is 7.67. The molecule has 0 radical (unpaired) electrons. The number of amides is 1. The van der Waals surface area contributed by atoms with Crippen LogP contribution < -0.4 is 0 Å². The molecule has 0 saturated carbocycles. The molecule has 0 aromatic heterocycles. The fourth-order valence-corrected chi connectivity index (χ4v) is 2.35. The highest BCUT2D eigenvalue weighted by Crippen LogP contribution is 2.12. The van der Waals surface area contributed by atoms with Gasteiger partial charge in [0.15, 0.2) is 0 Å². The third kappa shape index (κ3) is 5.55. The fourth-order valence-electron chi connectivity index (χ4n) is 2.35. The molecule has 23 heavy (non-hydrogen) atoms. The summed E-state index contributed by atoms with van der Waals surface area (Å²) < 4.78 is 0. The number of carbonyl (C=O) groups excluding carboxylic acids is 2. The number of allylic oxidation sites excluding steroid dienone is 1. The minimum absolute atomic E-state index is 0.0777. The van der Waals surface area contributed by atoms with Crippen LogP contribution in [0.1, 0.15) is 24.0 Å². The highest BCUT2D eigenvalue weighted by Gasteiger charge is 2.17. The van der Waals surface area contributed by atoms with Crippen LogP contribution in [0.5, 0.6) is 0 Å². The van der Waals surface area contributed by atoms with Crippen molar-refractivity contribution in [1.29, 1.82) is 0 Å². The highest BCUT2D eigenvalue weighted by atomic mass is 16.2. The van der Waals surface area contributed by atoms with Crippen molar-refractivity contribution >= 4 is 11.7 Å². The summed E-state index contributed by atoms with van der Waals surface area (Å²) in [5.41, 5.74) is 2.10. The topological polar surface area (TPSA) is 37.4 Å². The van der Waals surface area contributed by atoms with Gasteiger partial charge in [-0.25, -0.2) is 0 Å². The molecule has 0 heterocycles. The van der Waals surface area contributed by atoms with E-state index in [9.17, 15) is 9.59 Å². The van der Waals surface area contributed by atoms with Crippen molar-refractivity contribution in [2.45, 2.75) is 25.9 Å². The number of hydrogen-bond acceptors (Lipinski definition) is 2. The van der Waals surface area contributed by atoms with E-state index >= 15 is 0 Å². The number of benzene rings is 2. The second kappa shape index (κ2) is 8.69. The predicted octanol–water partition coefficient (Wildman–Crippen LogP) is 3.75. The molecule has 0 atom stereocenters. The number of hydrogen-bond donors (Lipinski definition) is 0. The minimum Gasteiger partial charge on any atom is -0.334 e. The minimum atomic E-state index is -0.149. The lowest BCUT2D eigenvalue weighted by atomic mass is 10.1. The van der Waals surface area contributed by atoms with Gasteiger partial charge in [0, 0.05) is 19.5 Å². The van der Waals surface area contributed by atoms with E-state index in [-0.39, 0.29) is 24.5 Å². The van der Waals surface area contributed by atoms with Crippen LogP contribution in [0, 0.1) is 0 Å². The van der Waals surface area contributed by atoms with Crippen molar-refractivity contribution < 1.29 is 9.59 Å². The Morgan fingerprint density at radius 3 is 1.78 bits per heavy atom. The average molecular weight is 307 g/mol. The number of ketones is 1. The van der Waals surface area contributed by atoms with E-state index in [4.69, 9.17) is 0 Å². The molecule has 0 aliphatic rings. The summed E-state index contributed by atoms with van der Waals surface area (Å²) in [7, 11) is 0.